The van der Waals surface area contributed by atoms with Crippen molar-refractivity contribution in [1.29, 1.82) is 0 Å². The number of rotatable bonds is 5. The van der Waals surface area contributed by atoms with Crippen LogP contribution in [-0.4, -0.2) is 47.5 Å². The molecule has 0 saturated carbocycles. The summed E-state index contributed by atoms with van der Waals surface area (Å²) in [5.41, 5.74) is 9.94. The number of halogens is 2. The fourth-order valence-electron chi connectivity index (χ4n) is 4.21. The predicted octanol–water partition coefficient (Wildman–Crippen LogP) is 3.07. The molecule has 164 valence electrons. The smallest absolute Gasteiger partial charge is 0.257 e. The van der Waals surface area contributed by atoms with Crippen LogP contribution in [0.3, 0.4) is 0 Å². The van der Waals surface area contributed by atoms with E-state index in [1.54, 1.807) is 18.2 Å². The van der Waals surface area contributed by atoms with E-state index < -0.39 is 0 Å². The second-order valence-electron chi connectivity index (χ2n) is 7.82. The van der Waals surface area contributed by atoms with Gasteiger partial charge in [0.15, 0.2) is 0 Å². The van der Waals surface area contributed by atoms with E-state index in [4.69, 9.17) is 33.7 Å². The second kappa shape index (κ2) is 9.12. The number of hydrogen-bond donors (Lipinski definition) is 2. The van der Waals surface area contributed by atoms with E-state index in [0.717, 1.165) is 24.1 Å². The molecule has 0 atom stereocenters. The number of aromatic nitrogens is 1. The molecule has 3 heterocycles. The number of fused-ring (bicyclic) bond motifs is 1. The Bertz CT molecular complexity index is 1040. The van der Waals surface area contributed by atoms with Crippen LogP contribution in [0.5, 0.6) is 0 Å². The van der Waals surface area contributed by atoms with Crippen molar-refractivity contribution in [3.8, 4) is 11.1 Å². The first-order valence-corrected chi connectivity index (χ1v) is 11.0. The molecule has 2 aliphatic heterocycles. The van der Waals surface area contributed by atoms with Crippen LogP contribution >= 0.6 is 23.2 Å². The molecule has 9 heteroatoms. The van der Waals surface area contributed by atoms with Gasteiger partial charge in [0, 0.05) is 52.7 Å². The number of benzene rings is 1. The molecule has 7 nitrogen and oxygen atoms in total. The summed E-state index contributed by atoms with van der Waals surface area (Å²) >= 11 is 12.5. The summed E-state index contributed by atoms with van der Waals surface area (Å²) in [5.74, 6) is -0.435. The summed E-state index contributed by atoms with van der Waals surface area (Å²) in [5, 5.41) is 3.93. The van der Waals surface area contributed by atoms with Crippen LogP contribution in [-0.2, 0) is 22.6 Å². The van der Waals surface area contributed by atoms with E-state index in [2.05, 4.69) is 10.3 Å². The molecule has 0 aliphatic carbocycles. The van der Waals surface area contributed by atoms with Crippen LogP contribution in [0.4, 0.5) is 0 Å². The number of aryl methyl sites for hydroxylation is 1. The SMILES string of the molecule is Cc1nc2c(c(-c3ccc(Cl)cc3Cl)c1CN)C(=O)N(CC(=O)NC1CCOCC1)C2. The standard InChI is InChI=1S/C22H24Cl2N4O3/c1-12-16(9-25)20(15-3-2-13(23)8-17(15)24)21-18(26-12)10-28(22(21)30)11-19(29)27-14-4-6-31-7-5-14/h2-3,8,14H,4-7,9-11,25H2,1H3,(H,27,29). The monoisotopic (exact) mass is 462 g/mol. The molecule has 31 heavy (non-hydrogen) atoms. The number of ether oxygens (including phenoxy) is 1. The number of amides is 2. The van der Waals surface area contributed by atoms with Crippen molar-refractivity contribution in [3.63, 3.8) is 0 Å². The van der Waals surface area contributed by atoms with Crippen LogP contribution in [0, 0.1) is 6.92 Å². The van der Waals surface area contributed by atoms with Crippen molar-refractivity contribution in [2.45, 2.75) is 38.9 Å². The van der Waals surface area contributed by atoms with Crippen LogP contribution in [0.2, 0.25) is 10.0 Å². The Morgan fingerprint density at radius 3 is 2.71 bits per heavy atom. The molecular formula is C22H24Cl2N4O3. The number of carbonyl (C=O) groups excluding carboxylic acids is 2. The lowest BCUT2D eigenvalue weighted by molar-refractivity contribution is -0.123. The fraction of sp³-hybridized carbons (Fsp3) is 0.409. The van der Waals surface area contributed by atoms with E-state index in [-0.39, 0.29) is 37.5 Å². The van der Waals surface area contributed by atoms with Crippen molar-refractivity contribution in [2.75, 3.05) is 19.8 Å². The summed E-state index contributed by atoms with van der Waals surface area (Å²) in [6, 6.07) is 5.23. The largest absolute Gasteiger partial charge is 0.381 e. The van der Waals surface area contributed by atoms with E-state index in [1.807, 2.05) is 6.92 Å². The number of hydrogen-bond acceptors (Lipinski definition) is 5. The summed E-state index contributed by atoms with van der Waals surface area (Å²) in [6.07, 6.45) is 1.56. The first-order valence-electron chi connectivity index (χ1n) is 10.2. The van der Waals surface area contributed by atoms with Crippen molar-refractivity contribution < 1.29 is 14.3 Å². The van der Waals surface area contributed by atoms with Gasteiger partial charge in [-0.05, 0) is 37.5 Å². The number of nitrogens with zero attached hydrogens (tertiary/aromatic N) is 2. The Morgan fingerprint density at radius 1 is 1.29 bits per heavy atom. The normalized spacial score (nSPS) is 16.5. The number of nitrogens with one attached hydrogen (secondary N) is 1. The third-order valence-corrected chi connectivity index (χ3v) is 6.29. The lowest BCUT2D eigenvalue weighted by atomic mass is 9.93. The van der Waals surface area contributed by atoms with Gasteiger partial charge in [-0.25, -0.2) is 0 Å². The highest BCUT2D eigenvalue weighted by atomic mass is 35.5. The van der Waals surface area contributed by atoms with Gasteiger partial charge in [0.2, 0.25) is 5.91 Å². The highest BCUT2D eigenvalue weighted by molar-refractivity contribution is 6.36. The van der Waals surface area contributed by atoms with Gasteiger partial charge in [-0.2, -0.15) is 0 Å². The van der Waals surface area contributed by atoms with Crippen molar-refractivity contribution >= 4 is 35.0 Å². The molecule has 1 aromatic carbocycles. The first-order chi connectivity index (χ1) is 14.9. The van der Waals surface area contributed by atoms with Gasteiger partial charge in [-0.3, -0.25) is 14.6 Å². The van der Waals surface area contributed by atoms with Crippen LogP contribution in [0.25, 0.3) is 11.1 Å². The summed E-state index contributed by atoms with van der Waals surface area (Å²) in [6.45, 7) is 3.57. The van der Waals surface area contributed by atoms with Gasteiger partial charge in [0.1, 0.15) is 6.54 Å². The third kappa shape index (κ3) is 4.41. The lowest BCUT2D eigenvalue weighted by Crippen LogP contribution is -2.44. The van der Waals surface area contributed by atoms with Gasteiger partial charge >= 0.3 is 0 Å². The average Bonchev–Trinajstić information content (AvgIpc) is 3.02. The van der Waals surface area contributed by atoms with Gasteiger partial charge in [-0.15, -0.1) is 0 Å². The topological polar surface area (TPSA) is 97.5 Å². The van der Waals surface area contributed by atoms with Crippen molar-refractivity contribution in [1.82, 2.24) is 15.2 Å². The minimum atomic E-state index is -0.250. The maximum Gasteiger partial charge on any atom is 0.257 e. The van der Waals surface area contributed by atoms with Gasteiger partial charge in [0.05, 0.1) is 17.8 Å². The molecule has 2 aliphatic rings. The number of nitrogens with two attached hydrogens (primary N) is 1. The Morgan fingerprint density at radius 2 is 2.03 bits per heavy atom. The first kappa shape index (κ1) is 22.0. The molecule has 1 aromatic heterocycles. The maximum absolute atomic E-state index is 13.4. The minimum absolute atomic E-state index is 0.0304. The summed E-state index contributed by atoms with van der Waals surface area (Å²) in [4.78, 5) is 32.1. The highest BCUT2D eigenvalue weighted by Gasteiger charge is 2.35. The van der Waals surface area contributed by atoms with E-state index in [0.29, 0.717) is 45.6 Å². The van der Waals surface area contributed by atoms with Crippen LogP contribution in [0.1, 0.15) is 40.2 Å². The quantitative estimate of drug-likeness (QED) is 0.711. The molecule has 0 unspecified atom stereocenters. The fourth-order valence-corrected chi connectivity index (χ4v) is 4.72. The minimum Gasteiger partial charge on any atom is -0.381 e. The van der Waals surface area contributed by atoms with Crippen molar-refractivity contribution in [3.05, 3.63) is 50.8 Å². The van der Waals surface area contributed by atoms with E-state index in [1.165, 1.54) is 4.90 Å². The van der Waals surface area contributed by atoms with Gasteiger partial charge in [0.25, 0.3) is 5.91 Å². The predicted molar refractivity (Wildman–Crippen MR) is 119 cm³/mol. The molecule has 0 radical (unpaired) electrons. The van der Waals surface area contributed by atoms with Gasteiger partial charge in [-0.1, -0.05) is 29.3 Å². The Labute approximate surface area is 190 Å². The maximum atomic E-state index is 13.4. The third-order valence-electron chi connectivity index (χ3n) is 5.75. The van der Waals surface area contributed by atoms with E-state index in [9.17, 15) is 9.59 Å². The average molecular weight is 463 g/mol. The van der Waals surface area contributed by atoms with Crippen LogP contribution < -0.4 is 11.1 Å². The Balaban J connectivity index is 1.65. The molecule has 2 aromatic rings. The van der Waals surface area contributed by atoms with Crippen molar-refractivity contribution in [2.24, 2.45) is 5.73 Å². The molecular weight excluding hydrogens is 439 g/mol. The zero-order valence-corrected chi connectivity index (χ0v) is 18.7. The van der Waals surface area contributed by atoms with Gasteiger partial charge < -0.3 is 20.7 Å². The van der Waals surface area contributed by atoms with E-state index >= 15 is 0 Å². The zero-order chi connectivity index (χ0) is 22.1. The second-order valence-corrected chi connectivity index (χ2v) is 8.66. The molecule has 3 N–H and O–H groups in total. The Kier molecular flexibility index (Phi) is 6.48. The van der Waals surface area contributed by atoms with Crippen LogP contribution in [0.15, 0.2) is 18.2 Å². The summed E-state index contributed by atoms with van der Waals surface area (Å²) in [7, 11) is 0. The molecule has 4 rings (SSSR count). The zero-order valence-electron chi connectivity index (χ0n) is 17.2. The molecule has 1 fully saturated rings. The highest BCUT2D eigenvalue weighted by Crippen LogP contribution is 2.39. The molecule has 0 bridgehead atoms. The molecule has 1 saturated heterocycles. The molecule has 0 spiro atoms. The lowest BCUT2D eigenvalue weighted by Gasteiger charge is -2.24. The Hall–Kier alpha value is -2.19. The summed E-state index contributed by atoms with van der Waals surface area (Å²) < 4.78 is 5.33. The molecule has 2 amide bonds. The number of pyridine rings is 1. The number of carbonyl (C=O) groups is 2.